The molecule has 0 radical (unpaired) electrons. The molecule has 0 aliphatic heterocycles. The maximum atomic E-state index is 10.2. The minimum absolute atomic E-state index is 0.0612. The van der Waals surface area contributed by atoms with E-state index in [1.54, 1.807) is 18.2 Å². The fraction of sp³-hybridized carbons (Fsp3) is 0.435. The van der Waals surface area contributed by atoms with Gasteiger partial charge in [-0.25, -0.2) is 0 Å². The maximum absolute atomic E-state index is 10.2. The van der Waals surface area contributed by atoms with Gasteiger partial charge in [-0.1, -0.05) is 87.4 Å². The van der Waals surface area contributed by atoms with E-state index in [1.807, 2.05) is 30.3 Å². The molecule has 0 spiro atoms. The number of benzene rings is 2. The Bertz CT molecular complexity index is 698. The van der Waals surface area contributed by atoms with E-state index in [1.165, 1.54) is 44.9 Å². The van der Waals surface area contributed by atoms with Crippen LogP contribution in [0.4, 0.5) is 0 Å². The lowest BCUT2D eigenvalue weighted by molar-refractivity contribution is 0.303. The molecule has 2 rings (SSSR count). The van der Waals surface area contributed by atoms with E-state index in [-0.39, 0.29) is 5.75 Å². The summed E-state index contributed by atoms with van der Waals surface area (Å²) in [5, 5.41) is 23.0. The van der Waals surface area contributed by atoms with Gasteiger partial charge in [-0.2, -0.15) is 0 Å². The molecule has 2 N–H and O–H groups in total. The monoisotopic (exact) mass is 369 g/mol. The molecule has 0 aliphatic carbocycles. The molecule has 0 saturated heterocycles. The molecular weight excluding hydrogens is 338 g/mol. The van der Waals surface area contributed by atoms with E-state index < -0.39 is 0 Å². The number of nitrogens with zero attached hydrogens (tertiary/aromatic N) is 1. The summed E-state index contributed by atoms with van der Waals surface area (Å²) in [5.41, 5.74) is 1.51. The highest BCUT2D eigenvalue weighted by Crippen LogP contribution is 2.26. The van der Waals surface area contributed by atoms with Crippen molar-refractivity contribution < 1.29 is 15.1 Å². The number of oxime groups is 1. The normalized spacial score (nSPS) is 11.5. The molecule has 0 aromatic heterocycles. The van der Waals surface area contributed by atoms with Crippen LogP contribution in [0, 0.1) is 0 Å². The van der Waals surface area contributed by atoms with Crippen molar-refractivity contribution in [2.75, 3.05) is 6.61 Å². The van der Waals surface area contributed by atoms with Crippen molar-refractivity contribution >= 4 is 5.71 Å². The van der Waals surface area contributed by atoms with E-state index in [2.05, 4.69) is 12.1 Å². The van der Waals surface area contributed by atoms with Gasteiger partial charge in [0.05, 0.1) is 6.61 Å². The molecule has 0 aliphatic rings. The van der Waals surface area contributed by atoms with Crippen LogP contribution in [0.2, 0.25) is 0 Å². The Morgan fingerprint density at radius 3 is 2.22 bits per heavy atom. The summed E-state index contributed by atoms with van der Waals surface area (Å²) in [7, 11) is 0. The number of unbranched alkanes of at least 4 members (excludes halogenated alkanes) is 7. The molecule has 4 nitrogen and oxygen atoms in total. The zero-order chi connectivity index (χ0) is 19.3. The predicted molar refractivity (Wildman–Crippen MR) is 110 cm³/mol. The van der Waals surface area contributed by atoms with Gasteiger partial charge in [-0.3, -0.25) is 0 Å². The Morgan fingerprint density at radius 2 is 1.56 bits per heavy atom. The molecule has 0 bridgehead atoms. The molecule has 146 valence electrons. The fourth-order valence-electron chi connectivity index (χ4n) is 3.08. The molecule has 0 saturated carbocycles. The van der Waals surface area contributed by atoms with Crippen LogP contribution >= 0.6 is 0 Å². The van der Waals surface area contributed by atoms with Gasteiger partial charge in [-0.15, -0.1) is 0 Å². The van der Waals surface area contributed by atoms with Gasteiger partial charge in [0.1, 0.15) is 17.2 Å². The summed E-state index contributed by atoms with van der Waals surface area (Å²) < 4.78 is 5.83. The standard InChI is InChI=1S/C23H31NO3/c1-2-3-4-5-6-7-8-12-17-27-20-15-16-22(25)21(18-20)23(24-26)19-13-10-9-11-14-19/h9-11,13-16,18,25-26H,2-8,12,17H2,1H3/b24-23-. The van der Waals surface area contributed by atoms with E-state index in [4.69, 9.17) is 4.74 Å². The molecule has 2 aromatic carbocycles. The van der Waals surface area contributed by atoms with Crippen LogP contribution in [0.25, 0.3) is 0 Å². The van der Waals surface area contributed by atoms with E-state index >= 15 is 0 Å². The highest BCUT2D eigenvalue weighted by molar-refractivity contribution is 6.14. The smallest absolute Gasteiger partial charge is 0.125 e. The minimum atomic E-state index is 0.0612. The van der Waals surface area contributed by atoms with Crippen molar-refractivity contribution in [3.63, 3.8) is 0 Å². The number of phenols is 1. The van der Waals surface area contributed by atoms with Gasteiger partial charge in [0.15, 0.2) is 0 Å². The Hall–Kier alpha value is -2.49. The molecule has 0 unspecified atom stereocenters. The molecular formula is C23H31NO3. The lowest BCUT2D eigenvalue weighted by atomic mass is 10.0. The highest BCUT2D eigenvalue weighted by Gasteiger charge is 2.13. The number of aromatic hydroxyl groups is 1. The Kier molecular flexibility index (Phi) is 9.25. The molecule has 0 fully saturated rings. The summed E-state index contributed by atoms with van der Waals surface area (Å²) in [4.78, 5) is 0. The lowest BCUT2D eigenvalue weighted by Gasteiger charge is -2.11. The number of rotatable bonds is 12. The Morgan fingerprint density at radius 1 is 0.889 bits per heavy atom. The van der Waals surface area contributed by atoms with Crippen molar-refractivity contribution in [2.24, 2.45) is 5.16 Å². The zero-order valence-corrected chi connectivity index (χ0v) is 16.2. The van der Waals surface area contributed by atoms with Gasteiger partial charge in [0.2, 0.25) is 0 Å². The largest absolute Gasteiger partial charge is 0.507 e. The second-order valence-corrected chi connectivity index (χ2v) is 6.82. The third-order valence-corrected chi connectivity index (χ3v) is 4.64. The maximum Gasteiger partial charge on any atom is 0.125 e. The fourth-order valence-corrected chi connectivity index (χ4v) is 3.08. The molecule has 2 aromatic rings. The lowest BCUT2D eigenvalue weighted by Crippen LogP contribution is -2.05. The van der Waals surface area contributed by atoms with Crippen molar-refractivity contribution in [1.82, 2.24) is 0 Å². The molecule has 0 heterocycles. The Balaban J connectivity index is 1.84. The average molecular weight is 370 g/mol. The first-order valence-electron chi connectivity index (χ1n) is 10.00. The van der Waals surface area contributed by atoms with Gasteiger partial charge >= 0.3 is 0 Å². The Labute approximate surface area is 162 Å². The number of phenolic OH excluding ortho intramolecular Hbond substituents is 1. The first-order valence-corrected chi connectivity index (χ1v) is 10.00. The van der Waals surface area contributed by atoms with Crippen molar-refractivity contribution in [3.8, 4) is 11.5 Å². The zero-order valence-electron chi connectivity index (χ0n) is 16.2. The van der Waals surface area contributed by atoms with Gasteiger partial charge in [0, 0.05) is 11.1 Å². The molecule has 0 atom stereocenters. The third kappa shape index (κ3) is 6.97. The molecule has 27 heavy (non-hydrogen) atoms. The van der Waals surface area contributed by atoms with Crippen LogP contribution in [0.5, 0.6) is 11.5 Å². The van der Waals surface area contributed by atoms with Crippen LogP contribution in [-0.4, -0.2) is 22.6 Å². The summed E-state index contributed by atoms with van der Waals surface area (Å²) in [6.45, 7) is 2.89. The summed E-state index contributed by atoms with van der Waals surface area (Å²) in [5.74, 6) is 0.730. The minimum Gasteiger partial charge on any atom is -0.507 e. The first-order chi connectivity index (χ1) is 13.3. The third-order valence-electron chi connectivity index (χ3n) is 4.64. The van der Waals surface area contributed by atoms with Crippen molar-refractivity contribution in [1.29, 1.82) is 0 Å². The SMILES string of the molecule is CCCCCCCCCCOc1ccc(O)c(/C(=N\O)c2ccccc2)c1. The summed E-state index contributed by atoms with van der Waals surface area (Å²) >= 11 is 0. The van der Waals surface area contributed by atoms with Crippen LogP contribution in [0.15, 0.2) is 53.7 Å². The van der Waals surface area contributed by atoms with Gasteiger partial charge in [0.25, 0.3) is 0 Å². The second kappa shape index (κ2) is 12.0. The van der Waals surface area contributed by atoms with E-state index in [0.29, 0.717) is 23.6 Å². The molecule has 4 heteroatoms. The quantitative estimate of drug-likeness (QED) is 0.204. The predicted octanol–water partition coefficient (Wildman–Crippen LogP) is 6.14. The number of hydrogen-bond donors (Lipinski definition) is 2. The van der Waals surface area contributed by atoms with Crippen molar-refractivity contribution in [3.05, 3.63) is 59.7 Å². The van der Waals surface area contributed by atoms with E-state index in [9.17, 15) is 10.3 Å². The van der Waals surface area contributed by atoms with Gasteiger partial charge < -0.3 is 15.1 Å². The summed E-state index contributed by atoms with van der Waals surface area (Å²) in [6, 6.07) is 14.3. The van der Waals surface area contributed by atoms with E-state index in [0.717, 1.165) is 12.0 Å². The average Bonchev–Trinajstić information content (AvgIpc) is 2.70. The van der Waals surface area contributed by atoms with Gasteiger partial charge in [-0.05, 0) is 24.6 Å². The number of ether oxygens (including phenoxy) is 1. The summed E-state index contributed by atoms with van der Waals surface area (Å²) in [6.07, 6.45) is 10.1. The highest BCUT2D eigenvalue weighted by atomic mass is 16.5. The molecule has 0 amide bonds. The van der Waals surface area contributed by atoms with Crippen molar-refractivity contribution in [2.45, 2.75) is 58.3 Å². The first kappa shape index (κ1) is 20.8. The number of hydrogen-bond acceptors (Lipinski definition) is 4. The van der Waals surface area contributed by atoms with Crippen LogP contribution < -0.4 is 4.74 Å². The van der Waals surface area contributed by atoms with Crippen LogP contribution in [-0.2, 0) is 0 Å². The van der Waals surface area contributed by atoms with Crippen LogP contribution in [0.1, 0.15) is 69.4 Å². The second-order valence-electron chi connectivity index (χ2n) is 6.82. The topological polar surface area (TPSA) is 62.0 Å². The van der Waals surface area contributed by atoms with Crippen LogP contribution in [0.3, 0.4) is 0 Å².